The van der Waals surface area contributed by atoms with E-state index in [1.807, 2.05) is 6.92 Å². The number of rotatable bonds is 2. The SMILES string of the molecule is CC1CN2CCCC2CN1CC(C)(N)C#N. The van der Waals surface area contributed by atoms with Crippen molar-refractivity contribution in [3.05, 3.63) is 0 Å². The molecule has 2 rings (SSSR count). The second-order valence-corrected chi connectivity index (χ2v) is 5.60. The molecule has 2 saturated heterocycles. The fraction of sp³-hybridized carbons (Fsp3) is 0.917. The molecule has 16 heavy (non-hydrogen) atoms. The van der Waals surface area contributed by atoms with Gasteiger partial charge < -0.3 is 5.73 Å². The van der Waals surface area contributed by atoms with Crippen molar-refractivity contribution in [2.45, 2.75) is 44.3 Å². The van der Waals surface area contributed by atoms with Gasteiger partial charge in [-0.1, -0.05) is 0 Å². The highest BCUT2D eigenvalue weighted by atomic mass is 15.3. The molecular formula is C12H22N4. The summed E-state index contributed by atoms with van der Waals surface area (Å²) < 4.78 is 0. The first-order valence-corrected chi connectivity index (χ1v) is 6.20. The zero-order chi connectivity index (χ0) is 11.8. The molecule has 2 N–H and O–H groups in total. The Morgan fingerprint density at radius 2 is 2.25 bits per heavy atom. The average Bonchev–Trinajstić information content (AvgIpc) is 2.65. The van der Waals surface area contributed by atoms with Crippen LogP contribution in [-0.4, -0.2) is 53.6 Å². The van der Waals surface area contributed by atoms with E-state index in [-0.39, 0.29) is 0 Å². The second-order valence-electron chi connectivity index (χ2n) is 5.60. The first kappa shape index (κ1) is 11.8. The van der Waals surface area contributed by atoms with Gasteiger partial charge in [-0.3, -0.25) is 9.80 Å². The van der Waals surface area contributed by atoms with Crippen molar-refractivity contribution in [3.8, 4) is 6.07 Å². The molecule has 0 aromatic heterocycles. The molecule has 0 radical (unpaired) electrons. The number of piperazine rings is 1. The Morgan fingerprint density at radius 3 is 2.94 bits per heavy atom. The lowest BCUT2D eigenvalue weighted by Gasteiger charge is -2.43. The van der Waals surface area contributed by atoms with E-state index in [1.54, 1.807) is 0 Å². The van der Waals surface area contributed by atoms with Crippen LogP contribution < -0.4 is 5.73 Å². The van der Waals surface area contributed by atoms with Crippen LogP contribution in [0.3, 0.4) is 0 Å². The van der Waals surface area contributed by atoms with Crippen molar-refractivity contribution in [1.29, 1.82) is 5.26 Å². The summed E-state index contributed by atoms with van der Waals surface area (Å²) in [6.45, 7) is 8.21. The predicted molar refractivity (Wildman–Crippen MR) is 63.8 cm³/mol. The largest absolute Gasteiger partial charge is 0.313 e. The molecule has 2 fully saturated rings. The molecule has 4 nitrogen and oxygen atoms in total. The van der Waals surface area contributed by atoms with Crippen LogP contribution in [0.4, 0.5) is 0 Å². The number of hydrogen-bond acceptors (Lipinski definition) is 4. The van der Waals surface area contributed by atoms with Crippen molar-refractivity contribution in [2.24, 2.45) is 5.73 Å². The smallest absolute Gasteiger partial charge is 0.114 e. The van der Waals surface area contributed by atoms with Gasteiger partial charge in [0.15, 0.2) is 0 Å². The zero-order valence-corrected chi connectivity index (χ0v) is 10.3. The Morgan fingerprint density at radius 1 is 1.50 bits per heavy atom. The fourth-order valence-electron chi connectivity index (χ4n) is 2.93. The molecular weight excluding hydrogens is 200 g/mol. The molecule has 0 aromatic carbocycles. The monoisotopic (exact) mass is 222 g/mol. The summed E-state index contributed by atoms with van der Waals surface area (Å²) in [5.41, 5.74) is 5.22. The summed E-state index contributed by atoms with van der Waals surface area (Å²) in [5.74, 6) is 0. The van der Waals surface area contributed by atoms with E-state index in [0.29, 0.717) is 18.6 Å². The first-order valence-electron chi connectivity index (χ1n) is 6.20. The van der Waals surface area contributed by atoms with Gasteiger partial charge in [0.2, 0.25) is 0 Å². The molecule has 0 amide bonds. The van der Waals surface area contributed by atoms with Gasteiger partial charge in [-0.05, 0) is 33.2 Å². The molecule has 0 bridgehead atoms. The molecule has 3 atom stereocenters. The lowest BCUT2D eigenvalue weighted by molar-refractivity contribution is 0.0510. The van der Waals surface area contributed by atoms with Crippen LogP contribution in [0, 0.1) is 11.3 Å². The van der Waals surface area contributed by atoms with E-state index in [0.717, 1.165) is 13.1 Å². The van der Waals surface area contributed by atoms with Gasteiger partial charge in [0.05, 0.1) is 6.07 Å². The minimum Gasteiger partial charge on any atom is -0.313 e. The molecule has 2 aliphatic heterocycles. The van der Waals surface area contributed by atoms with Crippen molar-refractivity contribution < 1.29 is 0 Å². The summed E-state index contributed by atoms with van der Waals surface area (Å²) in [6.07, 6.45) is 2.63. The van der Waals surface area contributed by atoms with Gasteiger partial charge in [0.1, 0.15) is 5.54 Å². The number of fused-ring (bicyclic) bond motifs is 1. The Hall–Kier alpha value is -0.630. The predicted octanol–water partition coefficient (Wildman–Crippen LogP) is 0.396. The average molecular weight is 222 g/mol. The molecule has 4 heteroatoms. The number of nitrogens with zero attached hydrogens (tertiary/aromatic N) is 3. The third-order valence-electron chi connectivity index (χ3n) is 3.85. The third kappa shape index (κ3) is 2.37. The van der Waals surface area contributed by atoms with Crippen LogP contribution in [0.15, 0.2) is 0 Å². The Balaban J connectivity index is 1.98. The summed E-state index contributed by atoms with van der Waals surface area (Å²) in [6, 6.07) is 3.41. The Labute approximate surface area is 98.0 Å². The highest BCUT2D eigenvalue weighted by Crippen LogP contribution is 2.25. The zero-order valence-electron chi connectivity index (χ0n) is 10.3. The fourth-order valence-corrected chi connectivity index (χ4v) is 2.93. The lowest BCUT2D eigenvalue weighted by Crippen LogP contribution is -2.59. The van der Waals surface area contributed by atoms with Crippen LogP contribution in [0.1, 0.15) is 26.7 Å². The molecule has 90 valence electrons. The topological polar surface area (TPSA) is 56.3 Å². The van der Waals surface area contributed by atoms with E-state index in [9.17, 15) is 0 Å². The molecule has 0 aromatic rings. The van der Waals surface area contributed by atoms with Gasteiger partial charge >= 0.3 is 0 Å². The highest BCUT2D eigenvalue weighted by Gasteiger charge is 2.36. The van der Waals surface area contributed by atoms with Gasteiger partial charge in [-0.15, -0.1) is 0 Å². The standard InChI is InChI=1S/C12H22N4/c1-10-6-15-5-3-4-11(15)7-16(10)9-12(2,14)8-13/h10-11H,3-7,9,14H2,1-2H3. The number of hydrogen-bond donors (Lipinski definition) is 1. The minimum absolute atomic E-state index is 0.519. The van der Waals surface area contributed by atoms with E-state index in [4.69, 9.17) is 11.0 Å². The highest BCUT2D eigenvalue weighted by molar-refractivity contribution is 5.05. The number of nitriles is 1. The molecule has 2 aliphatic rings. The second kappa shape index (κ2) is 4.33. The lowest BCUT2D eigenvalue weighted by atomic mass is 10.0. The quantitative estimate of drug-likeness (QED) is 0.734. The van der Waals surface area contributed by atoms with E-state index >= 15 is 0 Å². The maximum atomic E-state index is 8.99. The van der Waals surface area contributed by atoms with Gasteiger partial charge in [0, 0.05) is 31.7 Å². The maximum absolute atomic E-state index is 8.99. The van der Waals surface area contributed by atoms with E-state index < -0.39 is 5.54 Å². The van der Waals surface area contributed by atoms with Crippen LogP contribution in [0.25, 0.3) is 0 Å². The van der Waals surface area contributed by atoms with Crippen LogP contribution in [0.2, 0.25) is 0 Å². The van der Waals surface area contributed by atoms with Gasteiger partial charge in [-0.25, -0.2) is 0 Å². The van der Waals surface area contributed by atoms with Crippen LogP contribution in [-0.2, 0) is 0 Å². The van der Waals surface area contributed by atoms with Crippen molar-refractivity contribution in [3.63, 3.8) is 0 Å². The van der Waals surface area contributed by atoms with Crippen LogP contribution in [0.5, 0.6) is 0 Å². The molecule has 0 spiro atoms. The normalized spacial score (nSPS) is 35.4. The summed E-state index contributed by atoms with van der Waals surface area (Å²) >= 11 is 0. The van der Waals surface area contributed by atoms with Gasteiger partial charge in [-0.2, -0.15) is 5.26 Å². The molecule has 2 heterocycles. The molecule has 0 aliphatic carbocycles. The first-order chi connectivity index (χ1) is 7.52. The van der Waals surface area contributed by atoms with E-state index in [2.05, 4.69) is 22.8 Å². The Bertz CT molecular complexity index is 294. The minimum atomic E-state index is -0.713. The summed E-state index contributed by atoms with van der Waals surface area (Å²) in [4.78, 5) is 4.97. The maximum Gasteiger partial charge on any atom is 0.114 e. The Kier molecular flexibility index (Phi) is 3.20. The summed E-state index contributed by atoms with van der Waals surface area (Å²) in [5, 5.41) is 8.99. The molecule has 3 unspecified atom stereocenters. The van der Waals surface area contributed by atoms with Crippen molar-refractivity contribution >= 4 is 0 Å². The summed E-state index contributed by atoms with van der Waals surface area (Å²) in [7, 11) is 0. The van der Waals surface area contributed by atoms with Crippen LogP contribution >= 0.6 is 0 Å². The van der Waals surface area contributed by atoms with Crippen molar-refractivity contribution in [2.75, 3.05) is 26.2 Å². The van der Waals surface area contributed by atoms with E-state index in [1.165, 1.54) is 19.4 Å². The van der Waals surface area contributed by atoms with Crippen molar-refractivity contribution in [1.82, 2.24) is 9.80 Å². The van der Waals surface area contributed by atoms with Gasteiger partial charge in [0.25, 0.3) is 0 Å². The third-order valence-corrected chi connectivity index (χ3v) is 3.85. The molecule has 0 saturated carbocycles. The number of nitrogens with two attached hydrogens (primary N) is 1.